The van der Waals surface area contributed by atoms with Crippen molar-refractivity contribution in [2.24, 2.45) is 5.10 Å². The topological polar surface area (TPSA) is 50.7 Å². The molecule has 3 aromatic carbocycles. The maximum Gasteiger partial charge on any atom is 0.272 e. The summed E-state index contributed by atoms with van der Waals surface area (Å²) < 4.78 is 5.77. The van der Waals surface area contributed by atoms with Gasteiger partial charge < -0.3 is 4.74 Å². The fraction of sp³-hybridized carbons (Fsp3) is 0.0476. The second-order valence-corrected chi connectivity index (χ2v) is 7.03. The van der Waals surface area contributed by atoms with Crippen molar-refractivity contribution in [3.63, 3.8) is 0 Å². The van der Waals surface area contributed by atoms with Gasteiger partial charge in [0.15, 0.2) is 0 Å². The number of ether oxygens (including phenoxy) is 1. The van der Waals surface area contributed by atoms with Gasteiger partial charge in [-0.3, -0.25) is 4.79 Å². The average molecular weight is 434 g/mol. The highest BCUT2D eigenvalue weighted by atomic mass is 35.5. The van der Waals surface area contributed by atoms with Gasteiger partial charge in [0.2, 0.25) is 0 Å². The molecule has 0 atom stereocenters. The Bertz CT molecular complexity index is 1020. The molecule has 0 aliphatic heterocycles. The maximum atomic E-state index is 12.1. The van der Waals surface area contributed by atoms with E-state index in [4.69, 9.17) is 39.5 Å². The minimum atomic E-state index is -0.383. The van der Waals surface area contributed by atoms with Gasteiger partial charge in [0.05, 0.1) is 16.8 Å². The van der Waals surface area contributed by atoms with Gasteiger partial charge in [-0.05, 0) is 42.0 Å². The van der Waals surface area contributed by atoms with Gasteiger partial charge in [-0.2, -0.15) is 5.10 Å². The number of amides is 1. The van der Waals surface area contributed by atoms with Gasteiger partial charge in [0.25, 0.3) is 5.91 Å². The molecule has 0 spiro atoms. The number of nitrogens with one attached hydrogen (secondary N) is 1. The summed E-state index contributed by atoms with van der Waals surface area (Å²) in [5.74, 6) is 0.263. The fourth-order valence-corrected chi connectivity index (χ4v) is 3.04. The number of carbonyl (C=O) groups is 1. The smallest absolute Gasteiger partial charge is 0.272 e. The molecule has 0 fully saturated rings. The molecule has 1 amide bonds. The Hall–Kier alpha value is -2.53. The molecule has 0 saturated carbocycles. The molecule has 142 valence electrons. The third-order valence-corrected chi connectivity index (χ3v) is 4.68. The number of hydrogen-bond acceptors (Lipinski definition) is 3. The summed E-state index contributed by atoms with van der Waals surface area (Å²) >= 11 is 18.0. The van der Waals surface area contributed by atoms with E-state index >= 15 is 0 Å². The Morgan fingerprint density at radius 2 is 1.79 bits per heavy atom. The molecule has 1 N–H and O–H groups in total. The Morgan fingerprint density at radius 1 is 0.964 bits per heavy atom. The largest absolute Gasteiger partial charge is 0.489 e. The zero-order valence-corrected chi connectivity index (χ0v) is 16.8. The van der Waals surface area contributed by atoms with Gasteiger partial charge >= 0.3 is 0 Å². The minimum Gasteiger partial charge on any atom is -0.489 e. The number of carbonyl (C=O) groups excluding carboxylic acids is 1. The lowest BCUT2D eigenvalue weighted by atomic mass is 10.2. The molecular formula is C21H15Cl3N2O2. The first-order chi connectivity index (χ1) is 13.5. The monoisotopic (exact) mass is 432 g/mol. The van der Waals surface area contributed by atoms with Crippen molar-refractivity contribution in [3.8, 4) is 5.75 Å². The van der Waals surface area contributed by atoms with E-state index in [0.717, 1.165) is 11.1 Å². The van der Waals surface area contributed by atoms with Gasteiger partial charge in [-0.1, -0.05) is 65.1 Å². The van der Waals surface area contributed by atoms with E-state index in [-0.39, 0.29) is 5.91 Å². The average Bonchev–Trinajstić information content (AvgIpc) is 2.68. The van der Waals surface area contributed by atoms with Crippen molar-refractivity contribution in [2.45, 2.75) is 6.61 Å². The number of benzene rings is 3. The number of rotatable bonds is 6. The molecule has 0 radical (unpaired) electrons. The molecule has 0 bridgehead atoms. The Balaban J connectivity index is 1.60. The lowest BCUT2D eigenvalue weighted by Gasteiger charge is -2.08. The van der Waals surface area contributed by atoms with Crippen molar-refractivity contribution in [3.05, 3.63) is 98.5 Å². The van der Waals surface area contributed by atoms with Crippen LogP contribution >= 0.6 is 34.8 Å². The molecule has 4 nitrogen and oxygen atoms in total. The van der Waals surface area contributed by atoms with E-state index in [9.17, 15) is 4.79 Å². The van der Waals surface area contributed by atoms with E-state index in [1.54, 1.807) is 42.5 Å². The molecule has 3 rings (SSSR count). The van der Waals surface area contributed by atoms with Gasteiger partial charge in [-0.15, -0.1) is 0 Å². The van der Waals surface area contributed by atoms with Crippen molar-refractivity contribution < 1.29 is 9.53 Å². The molecular weight excluding hydrogens is 419 g/mol. The van der Waals surface area contributed by atoms with E-state index < -0.39 is 0 Å². The summed E-state index contributed by atoms with van der Waals surface area (Å²) in [7, 11) is 0. The van der Waals surface area contributed by atoms with Gasteiger partial charge in [-0.25, -0.2) is 5.43 Å². The van der Waals surface area contributed by atoms with Crippen molar-refractivity contribution in [1.29, 1.82) is 0 Å². The zero-order valence-electron chi connectivity index (χ0n) is 14.5. The summed E-state index contributed by atoms with van der Waals surface area (Å²) in [5.41, 5.74) is 4.41. The Labute approximate surface area is 177 Å². The van der Waals surface area contributed by atoms with Crippen LogP contribution in [0.4, 0.5) is 0 Å². The first kappa shape index (κ1) is 20.2. The van der Waals surface area contributed by atoms with Crippen LogP contribution in [-0.4, -0.2) is 12.1 Å². The normalized spacial score (nSPS) is 10.8. The Morgan fingerprint density at radius 3 is 2.57 bits per heavy atom. The first-order valence-corrected chi connectivity index (χ1v) is 9.41. The molecule has 0 aliphatic rings. The minimum absolute atomic E-state index is 0.305. The third-order valence-electron chi connectivity index (χ3n) is 3.77. The lowest BCUT2D eigenvalue weighted by Crippen LogP contribution is -2.17. The van der Waals surface area contributed by atoms with Crippen LogP contribution in [0, 0.1) is 0 Å². The van der Waals surface area contributed by atoms with Crippen LogP contribution in [0.5, 0.6) is 5.75 Å². The zero-order chi connectivity index (χ0) is 19.9. The van der Waals surface area contributed by atoms with E-state index in [1.165, 1.54) is 6.21 Å². The highest BCUT2D eigenvalue weighted by Gasteiger charge is 2.08. The molecule has 0 aromatic heterocycles. The van der Waals surface area contributed by atoms with Crippen LogP contribution in [0.15, 0.2) is 71.8 Å². The number of hydrazone groups is 1. The quantitative estimate of drug-likeness (QED) is 0.383. The predicted octanol–water partition coefficient (Wildman–Crippen LogP) is 5.99. The van der Waals surface area contributed by atoms with E-state index in [1.807, 2.05) is 24.3 Å². The number of nitrogens with zero attached hydrogens (tertiary/aromatic N) is 1. The first-order valence-electron chi connectivity index (χ1n) is 8.27. The SMILES string of the molecule is O=C(N/N=C\c1cccc(OCc2ccc(Cl)cc2Cl)c1)c1ccccc1Cl. The van der Waals surface area contributed by atoms with Crippen molar-refractivity contribution in [2.75, 3.05) is 0 Å². The number of hydrogen-bond donors (Lipinski definition) is 1. The summed E-state index contributed by atoms with van der Waals surface area (Å²) in [6.07, 6.45) is 1.52. The van der Waals surface area contributed by atoms with E-state index in [0.29, 0.717) is 33.0 Å². The third kappa shape index (κ3) is 5.49. The maximum absolute atomic E-state index is 12.1. The molecule has 0 heterocycles. The van der Waals surface area contributed by atoms with Crippen LogP contribution in [0.2, 0.25) is 15.1 Å². The molecule has 28 heavy (non-hydrogen) atoms. The Kier molecular flexibility index (Phi) is 6.93. The fourth-order valence-electron chi connectivity index (χ4n) is 2.36. The van der Waals surface area contributed by atoms with E-state index in [2.05, 4.69) is 10.5 Å². The van der Waals surface area contributed by atoms with Crippen LogP contribution in [0.3, 0.4) is 0 Å². The summed E-state index contributed by atoms with van der Waals surface area (Å²) in [5, 5.41) is 5.46. The standard InChI is InChI=1S/C21H15Cl3N2O2/c22-16-9-8-15(20(24)11-16)13-28-17-5-3-4-14(10-17)12-25-26-21(27)18-6-1-2-7-19(18)23/h1-12H,13H2,(H,26,27)/b25-12-. The molecule has 7 heteroatoms. The predicted molar refractivity (Wildman–Crippen MR) is 114 cm³/mol. The second kappa shape index (κ2) is 9.60. The van der Waals surface area contributed by atoms with Gasteiger partial charge in [0.1, 0.15) is 12.4 Å². The highest BCUT2D eigenvalue weighted by molar-refractivity contribution is 6.35. The van der Waals surface area contributed by atoms with Crippen LogP contribution in [0.1, 0.15) is 21.5 Å². The lowest BCUT2D eigenvalue weighted by molar-refractivity contribution is 0.0955. The number of halogens is 3. The summed E-state index contributed by atoms with van der Waals surface area (Å²) in [6, 6.07) is 19.3. The molecule has 3 aromatic rings. The van der Waals surface area contributed by atoms with Crippen LogP contribution < -0.4 is 10.2 Å². The summed E-state index contributed by atoms with van der Waals surface area (Å²) in [4.78, 5) is 12.1. The second-order valence-electron chi connectivity index (χ2n) is 5.78. The van der Waals surface area contributed by atoms with Gasteiger partial charge in [0, 0.05) is 15.6 Å². The van der Waals surface area contributed by atoms with Crippen molar-refractivity contribution in [1.82, 2.24) is 5.43 Å². The van der Waals surface area contributed by atoms with Crippen LogP contribution in [0.25, 0.3) is 0 Å². The molecule has 0 aliphatic carbocycles. The molecule has 0 saturated heterocycles. The molecule has 0 unspecified atom stereocenters. The van der Waals surface area contributed by atoms with Crippen molar-refractivity contribution >= 4 is 46.9 Å². The highest BCUT2D eigenvalue weighted by Crippen LogP contribution is 2.23. The van der Waals surface area contributed by atoms with Crippen LogP contribution in [-0.2, 0) is 6.61 Å². The summed E-state index contributed by atoms with van der Waals surface area (Å²) in [6.45, 7) is 0.305.